The maximum atomic E-state index is 11.9. The number of carbonyl (C=O) groups excluding carboxylic acids is 1. The van der Waals surface area contributed by atoms with Crippen molar-refractivity contribution in [2.24, 2.45) is 5.10 Å². The summed E-state index contributed by atoms with van der Waals surface area (Å²) in [5.74, 6) is 0. The standard InChI is InChI=1S/C15H18N4O5/c20-15-18(11-13(24-15)10-17-5-7-23-8-6-17)16-9-12-3-1-2-4-14(12)19(21)22/h1-4,9,13H,5-8,10-11H2/b16-9+/t13-/m1/s1. The van der Waals surface area contributed by atoms with E-state index in [4.69, 9.17) is 9.47 Å². The van der Waals surface area contributed by atoms with Crippen molar-refractivity contribution in [3.63, 3.8) is 0 Å². The summed E-state index contributed by atoms with van der Waals surface area (Å²) in [5.41, 5.74) is 0.283. The molecule has 0 unspecified atom stereocenters. The van der Waals surface area contributed by atoms with E-state index >= 15 is 0 Å². The highest BCUT2D eigenvalue weighted by atomic mass is 16.6. The maximum absolute atomic E-state index is 11.9. The summed E-state index contributed by atoms with van der Waals surface area (Å²) < 4.78 is 10.6. The first kappa shape index (κ1) is 16.3. The zero-order valence-electron chi connectivity index (χ0n) is 13.0. The van der Waals surface area contributed by atoms with Crippen LogP contribution in [0.3, 0.4) is 0 Å². The molecule has 2 aliphatic rings. The van der Waals surface area contributed by atoms with E-state index in [1.807, 2.05) is 0 Å². The van der Waals surface area contributed by atoms with E-state index in [1.165, 1.54) is 17.3 Å². The van der Waals surface area contributed by atoms with Crippen molar-refractivity contribution >= 4 is 18.0 Å². The van der Waals surface area contributed by atoms with Crippen LogP contribution in [0.1, 0.15) is 5.56 Å². The van der Waals surface area contributed by atoms with E-state index in [0.29, 0.717) is 31.9 Å². The smallest absolute Gasteiger partial charge is 0.430 e. The van der Waals surface area contributed by atoms with E-state index in [2.05, 4.69) is 10.0 Å². The lowest BCUT2D eigenvalue weighted by Crippen LogP contribution is -2.41. The summed E-state index contributed by atoms with van der Waals surface area (Å²) in [6.45, 7) is 3.95. The van der Waals surface area contributed by atoms with Crippen LogP contribution < -0.4 is 0 Å². The van der Waals surface area contributed by atoms with Crippen LogP contribution in [0.25, 0.3) is 0 Å². The molecule has 0 N–H and O–H groups in total. The Morgan fingerprint density at radius 2 is 2.08 bits per heavy atom. The van der Waals surface area contributed by atoms with Crippen LogP contribution in [0.5, 0.6) is 0 Å². The number of nitro benzene ring substituents is 1. The topological polar surface area (TPSA) is 97.5 Å². The lowest BCUT2D eigenvalue weighted by atomic mass is 10.2. The number of carbonyl (C=O) groups is 1. The van der Waals surface area contributed by atoms with Gasteiger partial charge in [-0.3, -0.25) is 15.0 Å². The molecule has 1 amide bonds. The number of nitrogens with zero attached hydrogens (tertiary/aromatic N) is 4. The predicted octanol–water partition coefficient (Wildman–Crippen LogP) is 1.08. The first-order valence-electron chi connectivity index (χ1n) is 7.69. The molecule has 0 aliphatic carbocycles. The third kappa shape index (κ3) is 3.87. The highest BCUT2D eigenvalue weighted by molar-refractivity contribution is 5.86. The fourth-order valence-electron chi connectivity index (χ4n) is 2.66. The van der Waals surface area contributed by atoms with Crippen molar-refractivity contribution in [1.29, 1.82) is 0 Å². The predicted molar refractivity (Wildman–Crippen MR) is 84.9 cm³/mol. The summed E-state index contributed by atoms with van der Waals surface area (Å²) in [6, 6.07) is 6.23. The second-order valence-corrected chi connectivity index (χ2v) is 5.56. The van der Waals surface area contributed by atoms with E-state index in [9.17, 15) is 14.9 Å². The number of rotatable bonds is 5. The van der Waals surface area contributed by atoms with Gasteiger partial charge in [-0.1, -0.05) is 12.1 Å². The third-order valence-electron chi connectivity index (χ3n) is 3.89. The zero-order chi connectivity index (χ0) is 16.9. The number of hydrogen-bond donors (Lipinski definition) is 0. The number of morpholine rings is 1. The normalized spacial score (nSPS) is 22.1. The Hall–Kier alpha value is -2.52. The molecule has 0 aromatic heterocycles. The quantitative estimate of drug-likeness (QED) is 0.454. The highest BCUT2D eigenvalue weighted by Crippen LogP contribution is 2.17. The largest absolute Gasteiger partial charge is 0.441 e. The van der Waals surface area contributed by atoms with Gasteiger partial charge in [0.1, 0.15) is 6.10 Å². The van der Waals surface area contributed by atoms with Crippen LogP contribution in [0.2, 0.25) is 0 Å². The minimum atomic E-state index is -0.539. The van der Waals surface area contributed by atoms with Crippen molar-refractivity contribution in [1.82, 2.24) is 9.91 Å². The summed E-state index contributed by atoms with van der Waals surface area (Å²) in [4.78, 5) is 24.6. The van der Waals surface area contributed by atoms with Gasteiger partial charge in [-0.05, 0) is 6.07 Å². The van der Waals surface area contributed by atoms with E-state index in [1.54, 1.807) is 18.2 Å². The Bertz CT molecular complexity index is 645. The molecule has 1 aromatic rings. The van der Waals surface area contributed by atoms with E-state index < -0.39 is 11.0 Å². The number of hydrogen-bond acceptors (Lipinski definition) is 7. The monoisotopic (exact) mass is 334 g/mol. The van der Waals surface area contributed by atoms with E-state index in [0.717, 1.165) is 13.1 Å². The van der Waals surface area contributed by atoms with Crippen LogP contribution in [-0.2, 0) is 9.47 Å². The Balaban J connectivity index is 1.61. The number of ether oxygens (including phenoxy) is 2. The van der Waals surface area contributed by atoms with Crippen molar-refractivity contribution in [2.75, 3.05) is 39.4 Å². The van der Waals surface area contributed by atoms with Crippen LogP contribution in [0.15, 0.2) is 29.4 Å². The molecule has 2 saturated heterocycles. The van der Waals surface area contributed by atoms with Crippen LogP contribution in [0.4, 0.5) is 10.5 Å². The van der Waals surface area contributed by atoms with Crippen molar-refractivity contribution in [2.45, 2.75) is 6.10 Å². The van der Waals surface area contributed by atoms with Gasteiger partial charge in [0, 0.05) is 25.7 Å². The molecule has 2 aliphatic heterocycles. The van der Waals surface area contributed by atoms with Gasteiger partial charge in [-0.25, -0.2) is 4.79 Å². The van der Waals surface area contributed by atoms with Crippen molar-refractivity contribution in [3.05, 3.63) is 39.9 Å². The van der Waals surface area contributed by atoms with Crippen molar-refractivity contribution in [3.8, 4) is 0 Å². The average Bonchev–Trinajstić information content (AvgIpc) is 2.93. The van der Waals surface area contributed by atoms with Gasteiger partial charge in [0.05, 0.1) is 36.5 Å². The fraction of sp³-hybridized carbons (Fsp3) is 0.467. The van der Waals surface area contributed by atoms with Crippen LogP contribution in [-0.4, -0.2) is 72.6 Å². The van der Waals surface area contributed by atoms with Gasteiger partial charge in [-0.15, -0.1) is 0 Å². The van der Waals surface area contributed by atoms with Crippen LogP contribution >= 0.6 is 0 Å². The Labute approximate surface area is 138 Å². The number of cyclic esters (lactones) is 1. The molecule has 24 heavy (non-hydrogen) atoms. The molecular formula is C15H18N4O5. The van der Waals surface area contributed by atoms with Gasteiger partial charge in [0.15, 0.2) is 0 Å². The molecule has 1 atom stereocenters. The Kier molecular flexibility index (Phi) is 5.02. The van der Waals surface area contributed by atoms with Gasteiger partial charge >= 0.3 is 6.09 Å². The number of hydrazone groups is 1. The second-order valence-electron chi connectivity index (χ2n) is 5.56. The molecular weight excluding hydrogens is 316 g/mol. The SMILES string of the molecule is O=C1O[C@H](CN2CCOCC2)CN1/N=C/c1ccccc1[N+](=O)[O-]. The third-order valence-corrected chi connectivity index (χ3v) is 3.89. The molecule has 0 radical (unpaired) electrons. The first-order valence-corrected chi connectivity index (χ1v) is 7.69. The minimum absolute atomic E-state index is 0.0568. The summed E-state index contributed by atoms with van der Waals surface area (Å²) >= 11 is 0. The average molecular weight is 334 g/mol. The molecule has 0 saturated carbocycles. The molecule has 3 rings (SSSR count). The highest BCUT2D eigenvalue weighted by Gasteiger charge is 2.32. The minimum Gasteiger partial charge on any atom is -0.441 e. The first-order chi connectivity index (χ1) is 11.6. The van der Waals surface area contributed by atoms with Crippen LogP contribution in [0, 0.1) is 10.1 Å². The number of nitro groups is 1. The maximum Gasteiger partial charge on any atom is 0.430 e. The van der Waals surface area contributed by atoms with Gasteiger partial charge in [0.25, 0.3) is 5.69 Å². The van der Waals surface area contributed by atoms with Gasteiger partial charge in [-0.2, -0.15) is 10.1 Å². The zero-order valence-corrected chi connectivity index (χ0v) is 13.0. The summed E-state index contributed by atoms with van der Waals surface area (Å²) in [5, 5.41) is 16.2. The molecule has 9 heteroatoms. The Morgan fingerprint density at radius 3 is 2.83 bits per heavy atom. The fourth-order valence-corrected chi connectivity index (χ4v) is 2.66. The summed E-state index contributed by atoms with van der Waals surface area (Å²) in [7, 11) is 0. The Morgan fingerprint density at radius 1 is 1.33 bits per heavy atom. The number of benzene rings is 1. The van der Waals surface area contributed by atoms with Gasteiger partial charge < -0.3 is 9.47 Å². The lowest BCUT2D eigenvalue weighted by molar-refractivity contribution is -0.385. The number of para-hydroxylation sites is 1. The molecule has 2 heterocycles. The lowest BCUT2D eigenvalue weighted by Gasteiger charge is -2.27. The van der Waals surface area contributed by atoms with Crippen molar-refractivity contribution < 1.29 is 19.2 Å². The number of amides is 1. The summed E-state index contributed by atoms with van der Waals surface area (Å²) in [6.07, 6.45) is 0.512. The molecule has 9 nitrogen and oxygen atoms in total. The molecule has 1 aromatic carbocycles. The second kappa shape index (κ2) is 7.37. The molecule has 2 fully saturated rings. The molecule has 0 spiro atoms. The molecule has 128 valence electrons. The van der Waals surface area contributed by atoms with Gasteiger partial charge in [0.2, 0.25) is 0 Å². The molecule has 0 bridgehead atoms. The van der Waals surface area contributed by atoms with E-state index in [-0.39, 0.29) is 11.8 Å².